The highest BCUT2D eigenvalue weighted by molar-refractivity contribution is 4.95. The zero-order chi connectivity index (χ0) is 11.0. The van der Waals surface area contributed by atoms with E-state index in [0.29, 0.717) is 5.41 Å². The lowest BCUT2D eigenvalue weighted by Crippen LogP contribution is -2.45. The van der Waals surface area contributed by atoms with Gasteiger partial charge in [0.1, 0.15) is 0 Å². The van der Waals surface area contributed by atoms with Gasteiger partial charge in [-0.25, -0.2) is 0 Å². The predicted octanol–water partition coefficient (Wildman–Crippen LogP) is 2.11. The van der Waals surface area contributed by atoms with E-state index in [-0.39, 0.29) is 0 Å². The summed E-state index contributed by atoms with van der Waals surface area (Å²) in [4.78, 5) is 2.51. The highest BCUT2D eigenvalue weighted by Gasteiger charge is 2.41. The van der Waals surface area contributed by atoms with Crippen LogP contribution in [0.5, 0.6) is 0 Å². The van der Waals surface area contributed by atoms with Gasteiger partial charge in [0, 0.05) is 13.1 Å². The lowest BCUT2D eigenvalue weighted by Gasteiger charge is -2.41. The normalized spacial score (nSPS) is 39.6. The van der Waals surface area contributed by atoms with E-state index in [1.165, 1.54) is 64.7 Å². The van der Waals surface area contributed by atoms with Crippen LogP contribution in [-0.4, -0.2) is 38.1 Å². The summed E-state index contributed by atoms with van der Waals surface area (Å²) in [7, 11) is 2.28. The Morgan fingerprint density at radius 3 is 2.69 bits per heavy atom. The average molecular weight is 222 g/mol. The lowest BCUT2D eigenvalue weighted by molar-refractivity contribution is 0.127. The fourth-order valence-electron chi connectivity index (χ4n) is 4.42. The summed E-state index contributed by atoms with van der Waals surface area (Å²) in [6.45, 7) is 5.28. The molecule has 1 spiro atoms. The molecule has 3 fully saturated rings. The summed E-state index contributed by atoms with van der Waals surface area (Å²) >= 11 is 0. The average Bonchev–Trinajstić information content (AvgIpc) is 2.89. The van der Waals surface area contributed by atoms with Crippen molar-refractivity contribution >= 4 is 0 Å². The summed E-state index contributed by atoms with van der Waals surface area (Å²) in [6, 6.07) is 0. The number of piperidine rings is 1. The minimum atomic E-state index is 0.712. The molecule has 0 aromatic carbocycles. The molecule has 0 bridgehead atoms. The Hall–Kier alpha value is -0.0800. The number of rotatable bonds is 1. The Balaban J connectivity index is 1.63. The molecule has 1 saturated carbocycles. The molecule has 92 valence electrons. The van der Waals surface area contributed by atoms with Crippen LogP contribution in [0.2, 0.25) is 0 Å². The van der Waals surface area contributed by atoms with Gasteiger partial charge in [-0.05, 0) is 63.1 Å². The molecule has 2 aliphatic heterocycles. The highest BCUT2D eigenvalue weighted by Crippen LogP contribution is 2.46. The van der Waals surface area contributed by atoms with Gasteiger partial charge in [-0.2, -0.15) is 0 Å². The van der Waals surface area contributed by atoms with E-state index in [1.54, 1.807) is 0 Å². The first-order valence-corrected chi connectivity index (χ1v) is 7.17. The lowest BCUT2D eigenvalue weighted by atomic mass is 9.71. The molecule has 2 nitrogen and oxygen atoms in total. The smallest absolute Gasteiger partial charge is 0.00102 e. The van der Waals surface area contributed by atoms with Gasteiger partial charge in [-0.15, -0.1) is 0 Å². The van der Waals surface area contributed by atoms with Gasteiger partial charge in [-0.3, -0.25) is 0 Å². The molecule has 3 rings (SSSR count). The minimum absolute atomic E-state index is 0.712. The molecule has 2 atom stereocenters. The summed E-state index contributed by atoms with van der Waals surface area (Å²) in [5, 5.41) is 3.74. The molecule has 16 heavy (non-hydrogen) atoms. The Labute approximate surface area is 99.8 Å². The van der Waals surface area contributed by atoms with Gasteiger partial charge < -0.3 is 10.2 Å². The van der Waals surface area contributed by atoms with Crippen LogP contribution in [0.4, 0.5) is 0 Å². The molecular formula is C14H26N2. The van der Waals surface area contributed by atoms with E-state index in [0.717, 1.165) is 11.8 Å². The van der Waals surface area contributed by atoms with Crippen LogP contribution in [-0.2, 0) is 0 Å². The Morgan fingerprint density at radius 1 is 1.19 bits per heavy atom. The molecule has 2 saturated heterocycles. The Kier molecular flexibility index (Phi) is 2.97. The summed E-state index contributed by atoms with van der Waals surface area (Å²) in [5.74, 6) is 1.95. The third kappa shape index (κ3) is 2.02. The van der Waals surface area contributed by atoms with Crippen LogP contribution in [0.3, 0.4) is 0 Å². The van der Waals surface area contributed by atoms with Gasteiger partial charge in [-0.1, -0.05) is 12.8 Å². The van der Waals surface area contributed by atoms with E-state index in [9.17, 15) is 0 Å². The van der Waals surface area contributed by atoms with Crippen molar-refractivity contribution in [2.45, 2.75) is 38.5 Å². The van der Waals surface area contributed by atoms with Gasteiger partial charge >= 0.3 is 0 Å². The van der Waals surface area contributed by atoms with Crippen LogP contribution < -0.4 is 5.32 Å². The number of hydrogen-bond acceptors (Lipinski definition) is 2. The number of nitrogens with zero attached hydrogens (tertiary/aromatic N) is 1. The highest BCUT2D eigenvalue weighted by atomic mass is 15.1. The second-order valence-electron chi connectivity index (χ2n) is 6.61. The van der Waals surface area contributed by atoms with E-state index in [1.807, 2.05) is 0 Å². The maximum Gasteiger partial charge on any atom is 0.00102 e. The zero-order valence-electron chi connectivity index (χ0n) is 10.7. The van der Waals surface area contributed by atoms with Crippen molar-refractivity contribution in [3.8, 4) is 0 Å². The molecular weight excluding hydrogens is 196 g/mol. The standard InChI is InChI=1S/C14H26N2/c1-16-7-4-12(10-16)13-8-14(11-15-9-13)5-2-3-6-14/h12-13,15H,2-11H2,1H3. The third-order valence-corrected chi connectivity index (χ3v) is 5.36. The molecule has 2 unspecified atom stereocenters. The zero-order valence-corrected chi connectivity index (χ0v) is 10.7. The van der Waals surface area contributed by atoms with E-state index < -0.39 is 0 Å². The molecule has 0 aromatic rings. The van der Waals surface area contributed by atoms with E-state index >= 15 is 0 Å². The number of likely N-dealkylation sites (tertiary alicyclic amines) is 1. The van der Waals surface area contributed by atoms with Gasteiger partial charge in [0.05, 0.1) is 0 Å². The quantitative estimate of drug-likeness (QED) is 0.731. The Bertz CT molecular complexity index is 245. The van der Waals surface area contributed by atoms with Crippen LogP contribution in [0.25, 0.3) is 0 Å². The maximum atomic E-state index is 3.74. The second-order valence-corrected chi connectivity index (χ2v) is 6.61. The van der Waals surface area contributed by atoms with Gasteiger partial charge in [0.2, 0.25) is 0 Å². The Morgan fingerprint density at radius 2 is 2.00 bits per heavy atom. The fraction of sp³-hybridized carbons (Fsp3) is 1.00. The summed E-state index contributed by atoms with van der Waals surface area (Å²) in [5.41, 5.74) is 0.712. The van der Waals surface area contributed by atoms with Gasteiger partial charge in [0.25, 0.3) is 0 Å². The molecule has 0 amide bonds. The van der Waals surface area contributed by atoms with Crippen molar-refractivity contribution in [2.24, 2.45) is 17.3 Å². The van der Waals surface area contributed by atoms with Crippen molar-refractivity contribution in [3.63, 3.8) is 0 Å². The number of nitrogens with one attached hydrogen (secondary N) is 1. The maximum absolute atomic E-state index is 3.74. The van der Waals surface area contributed by atoms with Crippen molar-refractivity contribution in [3.05, 3.63) is 0 Å². The van der Waals surface area contributed by atoms with Crippen molar-refractivity contribution in [2.75, 3.05) is 33.2 Å². The van der Waals surface area contributed by atoms with Gasteiger partial charge in [0.15, 0.2) is 0 Å². The predicted molar refractivity (Wildman–Crippen MR) is 67.5 cm³/mol. The van der Waals surface area contributed by atoms with Crippen LogP contribution in [0.15, 0.2) is 0 Å². The molecule has 1 N–H and O–H groups in total. The first kappa shape index (κ1) is 11.0. The fourth-order valence-corrected chi connectivity index (χ4v) is 4.42. The first-order valence-electron chi connectivity index (χ1n) is 7.17. The molecule has 3 aliphatic rings. The molecule has 0 radical (unpaired) electrons. The van der Waals surface area contributed by atoms with Crippen LogP contribution >= 0.6 is 0 Å². The molecule has 2 heteroatoms. The first-order chi connectivity index (χ1) is 7.77. The largest absolute Gasteiger partial charge is 0.316 e. The molecule has 1 aliphatic carbocycles. The summed E-state index contributed by atoms with van der Waals surface area (Å²) in [6.07, 6.45) is 8.94. The van der Waals surface area contributed by atoms with Crippen LogP contribution in [0, 0.1) is 17.3 Å². The minimum Gasteiger partial charge on any atom is -0.316 e. The summed E-state index contributed by atoms with van der Waals surface area (Å²) < 4.78 is 0. The SMILES string of the molecule is CN1CCC(C2CNCC3(CCCC3)C2)C1. The monoisotopic (exact) mass is 222 g/mol. The number of hydrogen-bond donors (Lipinski definition) is 1. The molecule has 2 heterocycles. The van der Waals surface area contributed by atoms with E-state index in [2.05, 4.69) is 17.3 Å². The van der Waals surface area contributed by atoms with Crippen molar-refractivity contribution < 1.29 is 0 Å². The molecule has 0 aromatic heterocycles. The van der Waals surface area contributed by atoms with Crippen molar-refractivity contribution in [1.29, 1.82) is 0 Å². The second kappa shape index (κ2) is 4.30. The van der Waals surface area contributed by atoms with Crippen LogP contribution in [0.1, 0.15) is 38.5 Å². The topological polar surface area (TPSA) is 15.3 Å². The third-order valence-electron chi connectivity index (χ3n) is 5.36. The van der Waals surface area contributed by atoms with E-state index in [4.69, 9.17) is 0 Å². The van der Waals surface area contributed by atoms with Crippen molar-refractivity contribution in [1.82, 2.24) is 10.2 Å².